The van der Waals surface area contributed by atoms with E-state index in [1.165, 1.54) is 17.7 Å². The fourth-order valence-electron chi connectivity index (χ4n) is 3.83. The van der Waals surface area contributed by atoms with Crippen LogP contribution >= 0.6 is 11.3 Å². The van der Waals surface area contributed by atoms with Gasteiger partial charge in [0.25, 0.3) is 5.89 Å². The highest BCUT2D eigenvalue weighted by Crippen LogP contribution is 2.42. The minimum atomic E-state index is 0.428. The minimum Gasteiger partial charge on any atom is -0.390 e. The lowest BCUT2D eigenvalue weighted by molar-refractivity contribution is 0.157. The predicted octanol–water partition coefficient (Wildman–Crippen LogP) is 3.03. The molecule has 21 heavy (non-hydrogen) atoms. The van der Waals surface area contributed by atoms with E-state index in [1.807, 2.05) is 13.0 Å². The van der Waals surface area contributed by atoms with Crippen molar-refractivity contribution in [3.63, 3.8) is 0 Å². The molecule has 5 nitrogen and oxygen atoms in total. The summed E-state index contributed by atoms with van der Waals surface area (Å²) in [6.07, 6.45) is 4.90. The monoisotopic (exact) mass is 304 g/mol. The number of thiophene rings is 1. The Hall–Kier alpha value is -1.40. The number of anilines is 1. The molecule has 2 saturated heterocycles. The van der Waals surface area contributed by atoms with Crippen LogP contribution in [0.4, 0.5) is 5.00 Å². The van der Waals surface area contributed by atoms with Gasteiger partial charge in [-0.2, -0.15) is 4.98 Å². The molecule has 0 saturated carbocycles. The molecule has 4 rings (SSSR count). The van der Waals surface area contributed by atoms with E-state index in [0.29, 0.717) is 23.9 Å². The Labute approximate surface area is 128 Å². The fourth-order valence-corrected chi connectivity index (χ4v) is 4.61. The SMILES string of the molecule is Cc1cc(-c2nc(C3CC4CCC(C3)N4C)no2)c(N)s1. The minimum absolute atomic E-state index is 0.428. The molecule has 112 valence electrons. The third-order valence-electron chi connectivity index (χ3n) is 5.02. The van der Waals surface area contributed by atoms with Crippen LogP contribution in [0.5, 0.6) is 0 Å². The lowest BCUT2D eigenvalue weighted by atomic mass is 9.90. The van der Waals surface area contributed by atoms with Crippen LogP contribution in [0.2, 0.25) is 0 Å². The number of fused-ring (bicyclic) bond motifs is 2. The van der Waals surface area contributed by atoms with E-state index in [9.17, 15) is 0 Å². The largest absolute Gasteiger partial charge is 0.390 e. The number of hydrogen-bond acceptors (Lipinski definition) is 6. The van der Waals surface area contributed by atoms with Crippen LogP contribution in [0.15, 0.2) is 10.6 Å². The Morgan fingerprint density at radius 2 is 2.05 bits per heavy atom. The maximum absolute atomic E-state index is 6.02. The summed E-state index contributed by atoms with van der Waals surface area (Å²) in [7, 11) is 2.25. The van der Waals surface area contributed by atoms with E-state index >= 15 is 0 Å². The molecule has 2 aliphatic heterocycles. The second-order valence-electron chi connectivity index (χ2n) is 6.31. The molecule has 2 aromatic heterocycles. The van der Waals surface area contributed by atoms with Gasteiger partial charge < -0.3 is 15.2 Å². The molecule has 0 aromatic carbocycles. The van der Waals surface area contributed by atoms with Crippen LogP contribution in [-0.4, -0.2) is 34.2 Å². The molecule has 4 heterocycles. The second kappa shape index (κ2) is 4.81. The van der Waals surface area contributed by atoms with Crippen molar-refractivity contribution in [1.82, 2.24) is 15.0 Å². The molecule has 2 unspecified atom stereocenters. The van der Waals surface area contributed by atoms with Gasteiger partial charge in [0.2, 0.25) is 0 Å². The number of nitrogens with two attached hydrogens (primary N) is 1. The van der Waals surface area contributed by atoms with E-state index in [1.54, 1.807) is 11.3 Å². The standard InChI is InChI=1S/C15H20N4OS/c1-8-5-12(13(16)21-8)15-17-14(18-20-15)9-6-10-3-4-11(7-9)19(10)2/h5,9-11H,3-4,6-7,16H2,1-2H3. The van der Waals surface area contributed by atoms with Crippen LogP contribution in [-0.2, 0) is 0 Å². The van der Waals surface area contributed by atoms with Crippen LogP contribution in [0.3, 0.4) is 0 Å². The quantitative estimate of drug-likeness (QED) is 0.923. The molecule has 2 fully saturated rings. The average Bonchev–Trinajstić information content (AvgIpc) is 3.08. The maximum atomic E-state index is 6.02. The number of rotatable bonds is 2. The number of piperidine rings is 1. The number of aryl methyl sites for hydroxylation is 1. The molecule has 2 aliphatic rings. The van der Waals surface area contributed by atoms with E-state index in [4.69, 9.17) is 10.3 Å². The van der Waals surface area contributed by atoms with E-state index < -0.39 is 0 Å². The molecule has 2 aromatic rings. The van der Waals surface area contributed by atoms with Gasteiger partial charge >= 0.3 is 0 Å². The molecule has 0 spiro atoms. The zero-order valence-electron chi connectivity index (χ0n) is 12.4. The summed E-state index contributed by atoms with van der Waals surface area (Å²) in [6, 6.07) is 3.39. The Morgan fingerprint density at radius 1 is 1.33 bits per heavy atom. The van der Waals surface area contributed by atoms with Gasteiger partial charge in [0.15, 0.2) is 5.82 Å². The molecule has 0 radical (unpaired) electrons. The zero-order valence-corrected chi connectivity index (χ0v) is 13.2. The molecular weight excluding hydrogens is 284 g/mol. The second-order valence-corrected chi connectivity index (χ2v) is 7.60. The third-order valence-corrected chi connectivity index (χ3v) is 5.90. The lowest BCUT2D eigenvalue weighted by Gasteiger charge is -2.34. The summed E-state index contributed by atoms with van der Waals surface area (Å²) in [4.78, 5) is 8.32. The number of nitrogen functional groups attached to an aromatic ring is 1. The zero-order chi connectivity index (χ0) is 14.6. The normalized spacial score (nSPS) is 29.1. The van der Waals surface area contributed by atoms with Gasteiger partial charge in [0.1, 0.15) is 0 Å². The van der Waals surface area contributed by atoms with Gasteiger partial charge in [-0.3, -0.25) is 0 Å². The topological polar surface area (TPSA) is 68.2 Å². The molecule has 6 heteroatoms. The molecule has 2 N–H and O–H groups in total. The first kappa shape index (κ1) is 13.3. The summed E-state index contributed by atoms with van der Waals surface area (Å²) in [5, 5.41) is 4.99. The Morgan fingerprint density at radius 3 is 2.67 bits per heavy atom. The van der Waals surface area contributed by atoms with Gasteiger partial charge in [-0.1, -0.05) is 5.16 Å². The highest BCUT2D eigenvalue weighted by Gasteiger charge is 2.40. The summed E-state index contributed by atoms with van der Waals surface area (Å²) < 4.78 is 5.47. The summed E-state index contributed by atoms with van der Waals surface area (Å²) in [5.74, 6) is 1.86. The van der Waals surface area contributed by atoms with Crippen LogP contribution in [0, 0.1) is 6.92 Å². The van der Waals surface area contributed by atoms with Gasteiger partial charge in [0, 0.05) is 22.9 Å². The predicted molar refractivity (Wildman–Crippen MR) is 83.3 cm³/mol. The number of aromatic nitrogens is 2. The lowest BCUT2D eigenvalue weighted by Crippen LogP contribution is -2.39. The first-order valence-electron chi connectivity index (χ1n) is 7.53. The van der Waals surface area contributed by atoms with Gasteiger partial charge in [-0.05, 0) is 45.7 Å². The Balaban J connectivity index is 1.59. The first-order chi connectivity index (χ1) is 10.1. The van der Waals surface area contributed by atoms with Crippen molar-refractivity contribution >= 4 is 16.3 Å². The fraction of sp³-hybridized carbons (Fsp3) is 0.600. The molecule has 0 aliphatic carbocycles. The Bertz CT molecular complexity index is 650. The van der Waals surface area contributed by atoms with E-state index in [0.717, 1.165) is 29.2 Å². The van der Waals surface area contributed by atoms with Crippen LogP contribution < -0.4 is 5.73 Å². The van der Waals surface area contributed by atoms with Crippen molar-refractivity contribution in [3.8, 4) is 11.5 Å². The van der Waals surface area contributed by atoms with Crippen LogP contribution in [0.1, 0.15) is 42.3 Å². The highest BCUT2D eigenvalue weighted by atomic mass is 32.1. The van der Waals surface area contributed by atoms with Crippen molar-refractivity contribution in [1.29, 1.82) is 0 Å². The number of hydrogen-bond donors (Lipinski definition) is 1. The highest BCUT2D eigenvalue weighted by molar-refractivity contribution is 7.16. The van der Waals surface area contributed by atoms with Crippen LogP contribution in [0.25, 0.3) is 11.5 Å². The van der Waals surface area contributed by atoms with Crippen molar-refractivity contribution in [2.24, 2.45) is 0 Å². The van der Waals surface area contributed by atoms with E-state index in [2.05, 4.69) is 22.1 Å². The van der Waals surface area contributed by atoms with Crippen molar-refractivity contribution < 1.29 is 4.52 Å². The summed E-state index contributed by atoms with van der Waals surface area (Å²) >= 11 is 1.56. The molecule has 0 amide bonds. The van der Waals surface area contributed by atoms with Crippen molar-refractivity contribution in [2.45, 2.75) is 50.6 Å². The van der Waals surface area contributed by atoms with E-state index in [-0.39, 0.29) is 0 Å². The average molecular weight is 304 g/mol. The number of nitrogens with zero attached hydrogens (tertiary/aromatic N) is 3. The van der Waals surface area contributed by atoms with Crippen molar-refractivity contribution in [2.75, 3.05) is 12.8 Å². The molecule has 2 bridgehead atoms. The molecule has 2 atom stereocenters. The Kier molecular flexibility index (Phi) is 3.04. The molecular formula is C15H20N4OS. The third kappa shape index (κ3) is 2.17. The van der Waals surface area contributed by atoms with Gasteiger partial charge in [-0.15, -0.1) is 11.3 Å². The van der Waals surface area contributed by atoms with Gasteiger partial charge in [-0.25, -0.2) is 0 Å². The van der Waals surface area contributed by atoms with Crippen molar-refractivity contribution in [3.05, 3.63) is 16.8 Å². The maximum Gasteiger partial charge on any atom is 0.260 e. The summed E-state index contributed by atoms with van der Waals surface area (Å²) in [6.45, 7) is 2.04. The summed E-state index contributed by atoms with van der Waals surface area (Å²) in [5.41, 5.74) is 6.90. The first-order valence-corrected chi connectivity index (χ1v) is 8.35. The van der Waals surface area contributed by atoms with Gasteiger partial charge in [0.05, 0.1) is 10.6 Å². The smallest absolute Gasteiger partial charge is 0.260 e.